The van der Waals surface area contributed by atoms with Crippen LogP contribution >= 0.6 is 0 Å². The molecule has 1 N–H and O–H groups in total. The fourth-order valence-electron chi connectivity index (χ4n) is 3.35. The highest BCUT2D eigenvalue weighted by Crippen LogP contribution is 2.32. The summed E-state index contributed by atoms with van der Waals surface area (Å²) in [6, 6.07) is 21.5. The van der Waals surface area contributed by atoms with Crippen molar-refractivity contribution in [3.63, 3.8) is 0 Å². The second-order valence-corrected chi connectivity index (χ2v) is 9.54. The maximum Gasteiger partial charge on any atom is 0.264 e. The Bertz CT molecular complexity index is 1200. The number of methoxy groups -OCH3 is 1. The molecule has 3 aromatic rings. The molecule has 0 aliphatic carbocycles. The van der Waals surface area contributed by atoms with Gasteiger partial charge in [-0.2, -0.15) is 0 Å². The number of sulfonamides is 1. The van der Waals surface area contributed by atoms with Crippen LogP contribution in [0.5, 0.6) is 17.2 Å². The van der Waals surface area contributed by atoms with Gasteiger partial charge in [0.2, 0.25) is 5.91 Å². The summed E-state index contributed by atoms with van der Waals surface area (Å²) in [5, 5.41) is 2.81. The van der Waals surface area contributed by atoms with Gasteiger partial charge in [0.15, 0.2) is 0 Å². The predicted molar refractivity (Wildman–Crippen MR) is 135 cm³/mol. The minimum atomic E-state index is -4.04. The Morgan fingerprint density at radius 3 is 2.20 bits per heavy atom. The van der Waals surface area contributed by atoms with Crippen molar-refractivity contribution in [1.29, 1.82) is 0 Å². The normalized spacial score (nSPS) is 11.9. The standard InChI is InChI=1S/C26H30N2O6S/c1-4-33-25-13-9-8-12-24(25)28(35(30,31)23-10-6-5-7-11-23)18-26(29)27-20(2)19-34-22-16-14-21(32-3)15-17-22/h5-17,20H,4,18-19H2,1-3H3,(H,27,29). The van der Waals surface area contributed by atoms with Gasteiger partial charge in [0.25, 0.3) is 10.0 Å². The fraction of sp³-hybridized carbons (Fsp3) is 0.269. The molecule has 1 unspecified atom stereocenters. The summed E-state index contributed by atoms with van der Waals surface area (Å²) in [5.74, 6) is 1.25. The van der Waals surface area contributed by atoms with Gasteiger partial charge in [0, 0.05) is 0 Å². The second kappa shape index (κ2) is 12.1. The number of amides is 1. The third-order valence-corrected chi connectivity index (χ3v) is 6.79. The van der Waals surface area contributed by atoms with Gasteiger partial charge in [0.1, 0.15) is 30.4 Å². The van der Waals surface area contributed by atoms with Crippen LogP contribution in [0.1, 0.15) is 13.8 Å². The highest BCUT2D eigenvalue weighted by Gasteiger charge is 2.29. The molecule has 0 saturated carbocycles. The van der Waals surface area contributed by atoms with Crippen LogP contribution in [0, 0.1) is 0 Å². The Balaban J connectivity index is 1.76. The van der Waals surface area contributed by atoms with Gasteiger partial charge in [0.05, 0.1) is 30.3 Å². The van der Waals surface area contributed by atoms with Crippen LogP contribution < -0.4 is 23.8 Å². The third-order valence-electron chi connectivity index (χ3n) is 5.02. The van der Waals surface area contributed by atoms with E-state index in [2.05, 4.69) is 5.32 Å². The van der Waals surface area contributed by atoms with Crippen LogP contribution in [-0.2, 0) is 14.8 Å². The van der Waals surface area contributed by atoms with Gasteiger partial charge in [-0.25, -0.2) is 8.42 Å². The monoisotopic (exact) mass is 498 g/mol. The lowest BCUT2D eigenvalue weighted by atomic mass is 10.3. The SMILES string of the molecule is CCOc1ccccc1N(CC(=O)NC(C)COc1ccc(OC)cc1)S(=O)(=O)c1ccccc1. The van der Waals surface area contributed by atoms with Crippen molar-refractivity contribution in [3.05, 3.63) is 78.9 Å². The molecule has 1 atom stereocenters. The zero-order valence-corrected chi connectivity index (χ0v) is 20.8. The number of nitrogens with one attached hydrogen (secondary N) is 1. The molecular formula is C26H30N2O6S. The van der Waals surface area contributed by atoms with E-state index in [0.29, 0.717) is 23.9 Å². The third kappa shape index (κ3) is 6.89. The van der Waals surface area contributed by atoms with Crippen molar-refractivity contribution >= 4 is 21.6 Å². The summed E-state index contributed by atoms with van der Waals surface area (Å²) in [7, 11) is -2.45. The molecule has 8 nitrogen and oxygen atoms in total. The zero-order chi connectivity index (χ0) is 25.3. The Morgan fingerprint density at radius 2 is 1.54 bits per heavy atom. The van der Waals surface area contributed by atoms with E-state index in [-0.39, 0.29) is 23.2 Å². The van der Waals surface area contributed by atoms with Crippen molar-refractivity contribution in [3.8, 4) is 17.2 Å². The van der Waals surface area contributed by atoms with E-state index in [0.717, 1.165) is 4.31 Å². The van der Waals surface area contributed by atoms with Gasteiger partial charge in [-0.15, -0.1) is 0 Å². The molecule has 0 saturated heterocycles. The minimum Gasteiger partial charge on any atom is -0.497 e. The summed E-state index contributed by atoms with van der Waals surface area (Å²) in [6.07, 6.45) is 0. The van der Waals surface area contributed by atoms with Gasteiger partial charge in [-0.05, 0) is 62.4 Å². The summed E-state index contributed by atoms with van der Waals surface area (Å²) in [6.45, 7) is 3.73. The van der Waals surface area contributed by atoms with Crippen LogP contribution in [0.25, 0.3) is 0 Å². The molecule has 186 valence electrons. The first-order valence-corrected chi connectivity index (χ1v) is 12.6. The van der Waals surface area contributed by atoms with Crippen LogP contribution in [0.15, 0.2) is 83.8 Å². The highest BCUT2D eigenvalue weighted by molar-refractivity contribution is 7.92. The average molecular weight is 499 g/mol. The number of hydrogen-bond acceptors (Lipinski definition) is 6. The molecule has 0 aliphatic heterocycles. The molecule has 0 bridgehead atoms. The van der Waals surface area contributed by atoms with Crippen LogP contribution in [0.4, 0.5) is 5.69 Å². The number of carbonyl (C=O) groups excluding carboxylic acids is 1. The first-order valence-electron chi connectivity index (χ1n) is 11.2. The molecule has 3 rings (SSSR count). The quantitative estimate of drug-likeness (QED) is 0.407. The van der Waals surface area contributed by atoms with E-state index in [4.69, 9.17) is 14.2 Å². The van der Waals surface area contributed by atoms with E-state index in [1.165, 1.54) is 12.1 Å². The first kappa shape index (κ1) is 25.9. The number of hydrogen-bond donors (Lipinski definition) is 1. The smallest absolute Gasteiger partial charge is 0.264 e. The maximum absolute atomic E-state index is 13.5. The van der Waals surface area contributed by atoms with E-state index in [9.17, 15) is 13.2 Å². The van der Waals surface area contributed by atoms with Crippen molar-refractivity contribution in [1.82, 2.24) is 5.32 Å². The molecule has 3 aromatic carbocycles. The topological polar surface area (TPSA) is 94.2 Å². The molecule has 0 fully saturated rings. The van der Waals surface area contributed by atoms with Crippen LogP contribution in [-0.4, -0.2) is 47.2 Å². The molecule has 0 spiro atoms. The molecule has 0 aliphatic rings. The minimum absolute atomic E-state index is 0.0787. The van der Waals surface area contributed by atoms with Crippen molar-refractivity contribution < 1.29 is 27.4 Å². The van der Waals surface area contributed by atoms with E-state index < -0.39 is 22.5 Å². The second-order valence-electron chi connectivity index (χ2n) is 7.68. The van der Waals surface area contributed by atoms with Crippen molar-refractivity contribution in [2.24, 2.45) is 0 Å². The number of carbonyl (C=O) groups is 1. The Labute approximate surface area is 206 Å². The molecule has 0 aromatic heterocycles. The predicted octanol–water partition coefficient (Wildman–Crippen LogP) is 3.87. The number of benzene rings is 3. The lowest BCUT2D eigenvalue weighted by Gasteiger charge is -2.26. The largest absolute Gasteiger partial charge is 0.497 e. The lowest BCUT2D eigenvalue weighted by Crippen LogP contribution is -2.45. The fourth-order valence-corrected chi connectivity index (χ4v) is 4.80. The Morgan fingerprint density at radius 1 is 0.914 bits per heavy atom. The van der Waals surface area contributed by atoms with E-state index in [1.807, 2.05) is 6.92 Å². The number of anilines is 1. The summed E-state index contributed by atoms with van der Waals surface area (Å²) in [4.78, 5) is 13.0. The molecule has 9 heteroatoms. The number of nitrogens with zero attached hydrogens (tertiary/aromatic N) is 1. The maximum atomic E-state index is 13.5. The number of rotatable bonds is 12. The van der Waals surface area contributed by atoms with E-state index in [1.54, 1.807) is 80.8 Å². The van der Waals surface area contributed by atoms with Gasteiger partial charge in [-0.1, -0.05) is 30.3 Å². The molecule has 1 amide bonds. The number of ether oxygens (including phenoxy) is 3. The van der Waals surface area contributed by atoms with Gasteiger partial charge < -0.3 is 19.5 Å². The molecule has 0 radical (unpaired) electrons. The van der Waals surface area contributed by atoms with Gasteiger partial charge in [-0.3, -0.25) is 9.10 Å². The van der Waals surface area contributed by atoms with E-state index >= 15 is 0 Å². The van der Waals surface area contributed by atoms with Crippen LogP contribution in [0.3, 0.4) is 0 Å². The van der Waals surface area contributed by atoms with Crippen LogP contribution in [0.2, 0.25) is 0 Å². The lowest BCUT2D eigenvalue weighted by molar-refractivity contribution is -0.120. The van der Waals surface area contributed by atoms with Gasteiger partial charge >= 0.3 is 0 Å². The molecule has 35 heavy (non-hydrogen) atoms. The molecular weight excluding hydrogens is 468 g/mol. The summed E-state index contributed by atoms with van der Waals surface area (Å²) in [5.41, 5.74) is 0.287. The zero-order valence-electron chi connectivity index (χ0n) is 20.0. The van der Waals surface area contributed by atoms with Crippen molar-refractivity contribution in [2.45, 2.75) is 24.8 Å². The molecule has 0 heterocycles. The van der Waals surface area contributed by atoms with Crippen molar-refractivity contribution in [2.75, 3.05) is 31.2 Å². The Kier molecular flexibility index (Phi) is 8.97. The summed E-state index contributed by atoms with van der Waals surface area (Å²) < 4.78 is 44.6. The Hall–Kier alpha value is -3.72. The first-order chi connectivity index (χ1) is 16.8. The average Bonchev–Trinajstić information content (AvgIpc) is 2.87. The number of para-hydroxylation sites is 2. The summed E-state index contributed by atoms with van der Waals surface area (Å²) >= 11 is 0. The highest BCUT2D eigenvalue weighted by atomic mass is 32.2.